The van der Waals surface area contributed by atoms with E-state index in [1.54, 1.807) is 18.5 Å². The lowest BCUT2D eigenvalue weighted by Gasteiger charge is -2.14. The maximum Gasteiger partial charge on any atom is 0.324 e. The Balaban J connectivity index is 1.83. The molecule has 2 amide bonds. The highest BCUT2D eigenvalue weighted by Gasteiger charge is 2.06. The second-order valence-corrected chi connectivity index (χ2v) is 4.23. The number of urea groups is 1. The van der Waals surface area contributed by atoms with Gasteiger partial charge in [0, 0.05) is 12.4 Å². The van der Waals surface area contributed by atoms with Crippen molar-refractivity contribution < 1.29 is 9.53 Å². The van der Waals surface area contributed by atoms with Gasteiger partial charge in [0.15, 0.2) is 0 Å². The molecule has 0 unspecified atom stereocenters. The van der Waals surface area contributed by atoms with Gasteiger partial charge in [-0.3, -0.25) is 5.32 Å². The summed E-state index contributed by atoms with van der Waals surface area (Å²) in [6.45, 7) is 3.41. The van der Waals surface area contributed by atoms with E-state index in [1.165, 1.54) is 5.57 Å². The van der Waals surface area contributed by atoms with Crippen molar-refractivity contribution in [1.82, 2.24) is 10.3 Å². The van der Waals surface area contributed by atoms with Crippen LogP contribution in [0.25, 0.3) is 0 Å². The van der Waals surface area contributed by atoms with Crippen LogP contribution in [0.2, 0.25) is 0 Å². The van der Waals surface area contributed by atoms with Gasteiger partial charge in [0.05, 0.1) is 13.2 Å². The number of nitrogens with one attached hydrogen (secondary N) is 2. The minimum Gasteiger partial charge on any atom is -0.381 e. The molecule has 1 aromatic heterocycles. The van der Waals surface area contributed by atoms with E-state index in [2.05, 4.69) is 15.6 Å². The lowest BCUT2D eigenvalue weighted by molar-refractivity contribution is 0.119. The number of nitrogens with zero attached hydrogens (tertiary/aromatic N) is 1. The van der Waals surface area contributed by atoms with Crippen LogP contribution in [-0.2, 0) is 4.74 Å². The highest BCUT2D eigenvalue weighted by Crippen LogP contribution is 2.11. The van der Waals surface area contributed by atoms with Crippen LogP contribution in [0.1, 0.15) is 18.4 Å². The van der Waals surface area contributed by atoms with E-state index in [-0.39, 0.29) is 6.03 Å². The fourth-order valence-electron chi connectivity index (χ4n) is 1.64. The molecule has 0 bridgehead atoms. The molecule has 1 aliphatic rings. The summed E-state index contributed by atoms with van der Waals surface area (Å²) in [5.41, 5.74) is 2.26. The van der Waals surface area contributed by atoms with Crippen molar-refractivity contribution in [2.24, 2.45) is 0 Å². The number of aryl methyl sites for hydroxylation is 1. The van der Waals surface area contributed by atoms with Crippen LogP contribution in [-0.4, -0.2) is 24.2 Å². The minimum absolute atomic E-state index is 0.273. The predicted octanol–water partition coefficient (Wildman–Crippen LogP) is 2.21. The number of carbonyl (C=O) groups excluding carboxylic acids is 1. The highest BCUT2D eigenvalue weighted by molar-refractivity contribution is 5.88. The molecular weight excluding hydrogens is 230 g/mol. The summed E-state index contributed by atoms with van der Waals surface area (Å²) in [6, 6.07) is 3.40. The monoisotopic (exact) mass is 247 g/mol. The van der Waals surface area contributed by atoms with E-state index in [0.29, 0.717) is 5.82 Å². The van der Waals surface area contributed by atoms with Crippen LogP contribution < -0.4 is 10.6 Å². The maximum absolute atomic E-state index is 11.6. The Hall–Kier alpha value is -1.88. The Morgan fingerprint density at radius 3 is 2.83 bits per heavy atom. The summed E-state index contributed by atoms with van der Waals surface area (Å²) in [5, 5.41) is 5.38. The van der Waals surface area contributed by atoms with Crippen LogP contribution in [0.3, 0.4) is 0 Å². The Morgan fingerprint density at radius 1 is 1.39 bits per heavy atom. The third-order valence-electron chi connectivity index (χ3n) is 2.70. The van der Waals surface area contributed by atoms with Gasteiger partial charge in [-0.2, -0.15) is 0 Å². The van der Waals surface area contributed by atoms with Gasteiger partial charge in [0.25, 0.3) is 0 Å². The van der Waals surface area contributed by atoms with Gasteiger partial charge in [0.2, 0.25) is 0 Å². The third kappa shape index (κ3) is 3.85. The zero-order chi connectivity index (χ0) is 12.8. The molecule has 1 aromatic rings. The van der Waals surface area contributed by atoms with Crippen LogP contribution >= 0.6 is 0 Å². The zero-order valence-corrected chi connectivity index (χ0v) is 10.4. The van der Waals surface area contributed by atoms with E-state index < -0.39 is 0 Å². The molecule has 2 N–H and O–H groups in total. The lowest BCUT2D eigenvalue weighted by Crippen LogP contribution is -2.25. The summed E-state index contributed by atoms with van der Waals surface area (Å²) in [6.07, 6.45) is 5.23. The second-order valence-electron chi connectivity index (χ2n) is 4.23. The minimum atomic E-state index is -0.273. The molecule has 1 fully saturated rings. The van der Waals surface area contributed by atoms with Crippen molar-refractivity contribution in [2.45, 2.75) is 19.8 Å². The Bertz CT molecular complexity index is 432. The van der Waals surface area contributed by atoms with Gasteiger partial charge in [-0.1, -0.05) is 6.07 Å². The number of anilines is 1. The standard InChI is InChI=1S/C13H17N3O2/c1-10-2-3-12(14-8-10)16-13(17)15-9-11-4-6-18-7-5-11/h2-3,8-9H,4-7H2,1H3,(H2,14,15,16,17). The Labute approximate surface area is 106 Å². The average molecular weight is 247 g/mol. The second kappa shape index (κ2) is 6.16. The van der Waals surface area contributed by atoms with E-state index in [1.807, 2.05) is 13.0 Å². The highest BCUT2D eigenvalue weighted by atomic mass is 16.5. The number of pyridine rings is 1. The molecular formula is C13H17N3O2. The number of hydrogen-bond acceptors (Lipinski definition) is 3. The molecule has 2 heterocycles. The largest absolute Gasteiger partial charge is 0.381 e. The molecule has 0 aliphatic carbocycles. The molecule has 5 heteroatoms. The van der Waals surface area contributed by atoms with Crippen LogP contribution in [0.4, 0.5) is 10.6 Å². The molecule has 5 nitrogen and oxygen atoms in total. The molecule has 0 aromatic carbocycles. The summed E-state index contributed by atoms with van der Waals surface area (Å²) in [5.74, 6) is 0.545. The molecule has 1 saturated heterocycles. The number of amides is 2. The quantitative estimate of drug-likeness (QED) is 0.842. The molecule has 1 aliphatic heterocycles. The summed E-state index contributed by atoms with van der Waals surface area (Å²) in [7, 11) is 0. The van der Waals surface area contributed by atoms with E-state index in [0.717, 1.165) is 31.6 Å². The van der Waals surface area contributed by atoms with E-state index in [4.69, 9.17) is 4.74 Å². The lowest BCUT2D eigenvalue weighted by atomic mass is 10.1. The molecule has 18 heavy (non-hydrogen) atoms. The maximum atomic E-state index is 11.6. The zero-order valence-electron chi connectivity index (χ0n) is 10.4. The van der Waals surface area contributed by atoms with Gasteiger partial charge in [0.1, 0.15) is 5.82 Å². The van der Waals surface area contributed by atoms with E-state index in [9.17, 15) is 4.79 Å². The predicted molar refractivity (Wildman–Crippen MR) is 69.3 cm³/mol. The van der Waals surface area contributed by atoms with Gasteiger partial charge < -0.3 is 10.1 Å². The number of hydrogen-bond donors (Lipinski definition) is 2. The first-order valence-corrected chi connectivity index (χ1v) is 6.00. The number of aromatic nitrogens is 1. The van der Waals surface area contributed by atoms with E-state index >= 15 is 0 Å². The van der Waals surface area contributed by atoms with Crippen molar-refractivity contribution in [2.75, 3.05) is 18.5 Å². The van der Waals surface area contributed by atoms with Crippen molar-refractivity contribution in [3.8, 4) is 0 Å². The average Bonchev–Trinajstić information content (AvgIpc) is 2.40. The number of carbonyl (C=O) groups is 1. The molecule has 0 spiro atoms. The molecule has 0 atom stereocenters. The fourth-order valence-corrected chi connectivity index (χ4v) is 1.64. The third-order valence-corrected chi connectivity index (χ3v) is 2.70. The number of rotatable bonds is 2. The fraction of sp³-hybridized carbons (Fsp3) is 0.385. The Kier molecular flexibility index (Phi) is 4.30. The first-order chi connectivity index (χ1) is 8.74. The Morgan fingerprint density at radius 2 is 2.17 bits per heavy atom. The summed E-state index contributed by atoms with van der Waals surface area (Å²) in [4.78, 5) is 15.7. The van der Waals surface area contributed by atoms with Crippen LogP contribution in [0, 0.1) is 6.92 Å². The molecule has 2 rings (SSSR count). The normalized spacial score (nSPS) is 15.1. The van der Waals surface area contributed by atoms with Crippen molar-refractivity contribution in [3.63, 3.8) is 0 Å². The van der Waals surface area contributed by atoms with Gasteiger partial charge >= 0.3 is 6.03 Å². The SMILES string of the molecule is Cc1ccc(NC(=O)NC=C2CCOCC2)nc1. The van der Waals surface area contributed by atoms with Crippen molar-refractivity contribution in [3.05, 3.63) is 35.7 Å². The first-order valence-electron chi connectivity index (χ1n) is 6.00. The molecule has 0 radical (unpaired) electrons. The van der Waals surface area contributed by atoms with Crippen molar-refractivity contribution >= 4 is 11.8 Å². The van der Waals surface area contributed by atoms with Crippen molar-refractivity contribution in [1.29, 1.82) is 0 Å². The topological polar surface area (TPSA) is 63.2 Å². The number of ether oxygens (including phenoxy) is 1. The summed E-state index contributed by atoms with van der Waals surface area (Å²) < 4.78 is 5.23. The smallest absolute Gasteiger partial charge is 0.324 e. The molecule has 96 valence electrons. The van der Waals surface area contributed by atoms with Crippen LogP contribution in [0.15, 0.2) is 30.1 Å². The first kappa shape index (κ1) is 12.6. The molecule has 0 saturated carbocycles. The van der Waals surface area contributed by atoms with Gasteiger partial charge in [-0.05, 0) is 37.0 Å². The van der Waals surface area contributed by atoms with Gasteiger partial charge in [-0.15, -0.1) is 0 Å². The van der Waals surface area contributed by atoms with Crippen LogP contribution in [0.5, 0.6) is 0 Å². The summed E-state index contributed by atoms with van der Waals surface area (Å²) >= 11 is 0. The van der Waals surface area contributed by atoms with Gasteiger partial charge in [-0.25, -0.2) is 9.78 Å².